The van der Waals surface area contributed by atoms with Crippen molar-refractivity contribution in [1.29, 1.82) is 0 Å². The average Bonchev–Trinajstić information content (AvgIpc) is 2.80. The molecule has 2 unspecified atom stereocenters. The van der Waals surface area contributed by atoms with Gasteiger partial charge in [0.1, 0.15) is 0 Å². The number of piperidine rings is 1. The topological polar surface area (TPSA) is 98.7 Å². The van der Waals surface area contributed by atoms with Crippen LogP contribution in [0.4, 0.5) is 4.79 Å². The van der Waals surface area contributed by atoms with Crippen molar-refractivity contribution in [1.82, 2.24) is 15.5 Å². The summed E-state index contributed by atoms with van der Waals surface area (Å²) < 4.78 is 0. The number of carboxylic acids is 1. The van der Waals surface area contributed by atoms with Gasteiger partial charge < -0.3 is 10.4 Å². The predicted octanol–water partition coefficient (Wildman–Crippen LogP) is 0.0798. The van der Waals surface area contributed by atoms with Gasteiger partial charge in [0.25, 0.3) is 5.91 Å². The van der Waals surface area contributed by atoms with Crippen molar-refractivity contribution in [3.63, 3.8) is 0 Å². The normalized spacial score (nSPS) is 26.2. The van der Waals surface area contributed by atoms with E-state index in [0.717, 1.165) is 32.0 Å². The zero-order valence-electron chi connectivity index (χ0n) is 11.2. The van der Waals surface area contributed by atoms with E-state index in [9.17, 15) is 14.4 Å². The number of fused-ring (bicyclic) bond motifs is 1. The van der Waals surface area contributed by atoms with Crippen LogP contribution < -0.4 is 10.6 Å². The van der Waals surface area contributed by atoms with Crippen LogP contribution in [0.3, 0.4) is 0 Å². The van der Waals surface area contributed by atoms with E-state index in [4.69, 9.17) is 5.11 Å². The molecule has 0 spiro atoms. The summed E-state index contributed by atoms with van der Waals surface area (Å²) in [6, 6.07) is -0.145. The first-order chi connectivity index (χ1) is 9.56. The van der Waals surface area contributed by atoms with Gasteiger partial charge in [-0.25, -0.2) is 9.59 Å². The first-order valence-electron chi connectivity index (χ1n) is 6.83. The van der Waals surface area contributed by atoms with Gasteiger partial charge in [-0.05, 0) is 25.8 Å². The number of nitrogens with zero attached hydrogens (tertiary/aromatic N) is 1. The molecule has 20 heavy (non-hydrogen) atoms. The van der Waals surface area contributed by atoms with Crippen LogP contribution in [0.1, 0.15) is 25.7 Å². The highest BCUT2D eigenvalue weighted by atomic mass is 16.4. The van der Waals surface area contributed by atoms with Gasteiger partial charge in [0.15, 0.2) is 0 Å². The predicted molar refractivity (Wildman–Crippen MR) is 71.1 cm³/mol. The van der Waals surface area contributed by atoms with E-state index in [2.05, 4.69) is 15.5 Å². The van der Waals surface area contributed by atoms with Crippen molar-refractivity contribution in [2.24, 2.45) is 0 Å². The van der Waals surface area contributed by atoms with Crippen molar-refractivity contribution >= 4 is 17.9 Å². The summed E-state index contributed by atoms with van der Waals surface area (Å²) >= 11 is 0. The lowest BCUT2D eigenvalue weighted by molar-refractivity contribution is -0.131. The molecule has 2 aliphatic rings. The van der Waals surface area contributed by atoms with Crippen molar-refractivity contribution in [2.75, 3.05) is 13.1 Å². The third-order valence-corrected chi connectivity index (χ3v) is 3.79. The van der Waals surface area contributed by atoms with Gasteiger partial charge in [0, 0.05) is 30.8 Å². The third kappa shape index (κ3) is 3.80. The highest BCUT2D eigenvalue weighted by Crippen LogP contribution is 2.26. The van der Waals surface area contributed by atoms with Gasteiger partial charge in [-0.15, -0.1) is 0 Å². The Labute approximate surface area is 117 Å². The summed E-state index contributed by atoms with van der Waals surface area (Å²) in [5.74, 6) is -1.96. The van der Waals surface area contributed by atoms with Crippen LogP contribution >= 0.6 is 0 Å². The first-order valence-corrected chi connectivity index (χ1v) is 6.83. The Hall–Kier alpha value is -1.89. The van der Waals surface area contributed by atoms with Gasteiger partial charge >= 0.3 is 12.0 Å². The number of aliphatic carboxylic acids is 1. The SMILES string of the molecule is O=C(O)C=CC(=O)NC(=O)NC1CCN2CCCCC12. The number of carboxylic acid groups (broad SMARTS) is 1. The minimum Gasteiger partial charge on any atom is -0.478 e. The average molecular weight is 281 g/mol. The summed E-state index contributed by atoms with van der Waals surface area (Å²) in [5, 5.41) is 13.3. The van der Waals surface area contributed by atoms with Crippen molar-refractivity contribution in [2.45, 2.75) is 37.8 Å². The van der Waals surface area contributed by atoms with E-state index in [1.54, 1.807) is 0 Å². The number of amides is 3. The molecular formula is C13H19N3O4. The molecule has 0 aromatic heterocycles. The Morgan fingerprint density at radius 1 is 1.10 bits per heavy atom. The molecule has 2 heterocycles. The second kappa shape index (κ2) is 6.51. The first kappa shape index (κ1) is 14.5. The van der Waals surface area contributed by atoms with Gasteiger partial charge in [-0.2, -0.15) is 0 Å². The van der Waals surface area contributed by atoms with Gasteiger partial charge in [-0.1, -0.05) is 6.42 Å². The molecule has 110 valence electrons. The Kier molecular flexibility index (Phi) is 4.73. The van der Waals surface area contributed by atoms with Gasteiger partial charge in [0.2, 0.25) is 0 Å². The number of nitrogens with one attached hydrogen (secondary N) is 2. The van der Waals surface area contributed by atoms with Crippen LogP contribution in [-0.2, 0) is 9.59 Å². The minimum absolute atomic E-state index is 0.0616. The molecule has 3 amide bonds. The van der Waals surface area contributed by atoms with Crippen molar-refractivity contribution in [3.8, 4) is 0 Å². The highest BCUT2D eigenvalue weighted by Gasteiger charge is 2.36. The van der Waals surface area contributed by atoms with Crippen LogP contribution in [0.5, 0.6) is 0 Å². The van der Waals surface area contributed by atoms with Crippen molar-refractivity contribution < 1.29 is 19.5 Å². The van der Waals surface area contributed by atoms with E-state index in [1.165, 1.54) is 12.8 Å². The molecule has 2 fully saturated rings. The molecular weight excluding hydrogens is 262 g/mol. The highest BCUT2D eigenvalue weighted by molar-refractivity contribution is 6.02. The Morgan fingerprint density at radius 2 is 1.90 bits per heavy atom. The fourth-order valence-corrected chi connectivity index (χ4v) is 2.92. The second-order valence-electron chi connectivity index (χ2n) is 5.13. The summed E-state index contributed by atoms with van der Waals surface area (Å²) in [6.07, 6.45) is 5.84. The Bertz CT molecular complexity index is 435. The van der Waals surface area contributed by atoms with Crippen LogP contribution in [0.15, 0.2) is 12.2 Å². The summed E-state index contributed by atoms with van der Waals surface area (Å²) in [4.78, 5) is 35.6. The lowest BCUT2D eigenvalue weighted by Crippen LogP contribution is -2.50. The number of hydrogen-bond donors (Lipinski definition) is 3. The van der Waals surface area contributed by atoms with Crippen molar-refractivity contribution in [3.05, 3.63) is 12.2 Å². The van der Waals surface area contributed by atoms with Crippen LogP contribution in [-0.4, -0.2) is 53.1 Å². The molecule has 7 nitrogen and oxygen atoms in total. The van der Waals surface area contributed by atoms with E-state index in [-0.39, 0.29) is 6.04 Å². The molecule has 3 N–H and O–H groups in total. The fraction of sp³-hybridized carbons (Fsp3) is 0.615. The molecule has 0 aromatic rings. The third-order valence-electron chi connectivity index (χ3n) is 3.79. The number of carbonyl (C=O) groups excluding carboxylic acids is 2. The largest absolute Gasteiger partial charge is 0.478 e. The number of carbonyl (C=O) groups is 3. The zero-order chi connectivity index (χ0) is 14.5. The maximum Gasteiger partial charge on any atom is 0.328 e. The molecule has 2 atom stereocenters. The molecule has 2 saturated heterocycles. The molecule has 0 aliphatic carbocycles. The van der Waals surface area contributed by atoms with Crippen LogP contribution in [0.2, 0.25) is 0 Å². The lowest BCUT2D eigenvalue weighted by Gasteiger charge is -2.32. The number of hydrogen-bond acceptors (Lipinski definition) is 4. The zero-order valence-corrected chi connectivity index (χ0v) is 11.2. The standard InChI is InChI=1S/C13H19N3O4/c17-11(4-5-12(18)19)15-13(20)14-9-6-8-16-7-2-1-3-10(9)16/h4-5,9-10H,1-3,6-8H2,(H,18,19)(H2,14,15,17,20). The summed E-state index contributed by atoms with van der Waals surface area (Å²) in [7, 11) is 0. The number of imide groups is 1. The van der Waals surface area contributed by atoms with Crippen LogP contribution in [0.25, 0.3) is 0 Å². The van der Waals surface area contributed by atoms with Gasteiger partial charge in [-0.3, -0.25) is 15.0 Å². The number of urea groups is 1. The fourth-order valence-electron chi connectivity index (χ4n) is 2.92. The van der Waals surface area contributed by atoms with E-state index in [1.807, 2.05) is 0 Å². The molecule has 0 radical (unpaired) electrons. The molecule has 2 aliphatic heterocycles. The Morgan fingerprint density at radius 3 is 2.65 bits per heavy atom. The number of rotatable bonds is 3. The molecule has 7 heteroatoms. The smallest absolute Gasteiger partial charge is 0.328 e. The summed E-state index contributed by atoms with van der Waals surface area (Å²) in [5.41, 5.74) is 0. The molecule has 0 saturated carbocycles. The summed E-state index contributed by atoms with van der Waals surface area (Å²) in [6.45, 7) is 2.05. The monoisotopic (exact) mass is 281 g/mol. The van der Waals surface area contributed by atoms with E-state index in [0.29, 0.717) is 12.1 Å². The molecule has 0 aromatic carbocycles. The maximum atomic E-state index is 11.7. The molecule has 2 rings (SSSR count). The van der Waals surface area contributed by atoms with E-state index < -0.39 is 17.9 Å². The van der Waals surface area contributed by atoms with E-state index >= 15 is 0 Å². The quantitative estimate of drug-likeness (QED) is 0.636. The second-order valence-corrected chi connectivity index (χ2v) is 5.13. The molecule has 0 bridgehead atoms. The lowest BCUT2D eigenvalue weighted by atomic mass is 9.99. The maximum absolute atomic E-state index is 11.7. The van der Waals surface area contributed by atoms with Crippen LogP contribution in [0, 0.1) is 0 Å². The minimum atomic E-state index is -1.23. The van der Waals surface area contributed by atoms with Gasteiger partial charge in [0.05, 0.1) is 0 Å². The Balaban J connectivity index is 1.80.